The van der Waals surface area contributed by atoms with Gasteiger partial charge in [0.15, 0.2) is 0 Å². The molecule has 1 heterocycles. The van der Waals surface area contributed by atoms with Crippen LogP contribution in [-0.4, -0.2) is 174 Å². The number of amides is 6. The van der Waals surface area contributed by atoms with E-state index in [0.29, 0.717) is 23.6 Å². The Hall–Kier alpha value is -9.23. The Bertz CT molecular complexity index is 3390. The Morgan fingerprint density at radius 1 is 0.442 bits per heavy atom. The van der Waals surface area contributed by atoms with Crippen LogP contribution in [0.4, 0.5) is 17.5 Å². The van der Waals surface area contributed by atoms with E-state index in [4.69, 9.17) is 50.4 Å². The average molecular weight is 1470 g/mol. The molecule has 0 radical (unpaired) electrons. The fraction of sp³-hybridized carbons (Fsp3) is 0.681. The fourth-order valence-corrected chi connectivity index (χ4v) is 9.49. The van der Waals surface area contributed by atoms with Crippen LogP contribution in [0.2, 0.25) is 0 Å². The van der Waals surface area contributed by atoms with Crippen molar-refractivity contribution in [2.75, 3.05) is 23.3 Å². The second-order valence-corrected chi connectivity index (χ2v) is 32.1. The van der Waals surface area contributed by atoms with Gasteiger partial charge in [-0.3, -0.25) is 53.0 Å². The number of ether oxygens (including phenoxy) is 7. The van der Waals surface area contributed by atoms with Crippen LogP contribution in [0.25, 0.3) is 0 Å². The molecular formula is C72H115N11O21. The van der Waals surface area contributed by atoms with Gasteiger partial charge in [-0.1, -0.05) is 0 Å². The summed E-state index contributed by atoms with van der Waals surface area (Å²) in [5, 5.41) is 13.3. The van der Waals surface area contributed by atoms with Crippen molar-refractivity contribution in [3.63, 3.8) is 0 Å². The smallest absolute Gasteiger partial charge is 0.329 e. The van der Waals surface area contributed by atoms with E-state index >= 15 is 0 Å². The molecule has 0 aliphatic heterocycles. The SMILES string of the molecule is CC(C)(C)OC(=O)CC[C@@H](C(=O)OC(C)(C)C)N(C(=O)CC[C@H](NC(=O)CC[C@H](NC(=O)CC[C@H](NC(=O)CC[C@H](NC(=O)CC[C@H](N)C(=O)OC(C)(C)C)C(=O)OC(C)(C)C)C(=O)OC(C)(C)C)C(=O)OC(C)(C)C)C(=O)OC(C)(C)C)C(=O)c1ccc(NCCCc2c(N)nc(N)[nH]c2=O)cc1. The van der Waals surface area contributed by atoms with Crippen LogP contribution in [0.3, 0.4) is 0 Å². The lowest BCUT2D eigenvalue weighted by molar-refractivity contribution is -0.165. The molecule has 2 rings (SSSR count). The lowest BCUT2D eigenvalue weighted by atomic mass is 10.0. The molecule has 32 nitrogen and oxygen atoms in total. The average Bonchev–Trinajstić information content (AvgIpc) is 0.810. The van der Waals surface area contributed by atoms with Crippen LogP contribution in [-0.2, 0) is 97.1 Å². The van der Waals surface area contributed by atoms with Gasteiger partial charge >= 0.3 is 41.8 Å². The maximum atomic E-state index is 14.9. The summed E-state index contributed by atoms with van der Waals surface area (Å²) in [5.41, 5.74) is 10.3. The molecule has 0 aliphatic rings. The molecular weight excluding hydrogens is 1350 g/mol. The number of hydrogen-bond acceptors (Lipinski definition) is 26. The highest BCUT2D eigenvalue weighted by molar-refractivity contribution is 6.07. The number of nitrogen functional groups attached to an aromatic ring is 2. The highest BCUT2D eigenvalue weighted by Gasteiger charge is 2.41. The minimum Gasteiger partial charge on any atom is -0.460 e. The van der Waals surface area contributed by atoms with Gasteiger partial charge in [0.2, 0.25) is 35.5 Å². The minimum absolute atomic E-state index is 0.00682. The Labute approximate surface area is 609 Å². The number of imide groups is 1. The zero-order chi connectivity index (χ0) is 79.8. The minimum atomic E-state index is -1.76. The maximum absolute atomic E-state index is 14.9. The number of aromatic amines is 1. The van der Waals surface area contributed by atoms with Gasteiger partial charge in [0, 0.05) is 56.3 Å². The van der Waals surface area contributed by atoms with E-state index in [1.165, 1.54) is 24.3 Å². The molecule has 6 atom stereocenters. The summed E-state index contributed by atoms with van der Waals surface area (Å²) in [4.78, 5) is 199. The molecule has 0 spiro atoms. The first-order chi connectivity index (χ1) is 47.4. The number of nitrogens with one attached hydrogen (secondary N) is 6. The Morgan fingerprint density at radius 3 is 1.13 bits per heavy atom. The van der Waals surface area contributed by atoms with Crippen molar-refractivity contribution >= 4 is 94.7 Å². The first-order valence-electron chi connectivity index (χ1n) is 34.8. The Kier molecular flexibility index (Phi) is 34.1. The third kappa shape index (κ3) is 37.3. The maximum Gasteiger partial charge on any atom is 0.329 e. The van der Waals surface area contributed by atoms with Crippen molar-refractivity contribution in [3.05, 3.63) is 45.7 Å². The van der Waals surface area contributed by atoms with Gasteiger partial charge in [-0.15, -0.1) is 0 Å². The zero-order valence-electron chi connectivity index (χ0n) is 64.6. The van der Waals surface area contributed by atoms with Gasteiger partial charge in [0.1, 0.15) is 81.3 Å². The van der Waals surface area contributed by atoms with Gasteiger partial charge in [-0.2, -0.15) is 4.98 Å². The fourth-order valence-electron chi connectivity index (χ4n) is 9.49. The first-order valence-corrected chi connectivity index (χ1v) is 34.8. The standard InChI is InChI=1S/C72H115N11O21/c1-66(2,3)98-55(89)39-33-49(64(97)104-72(19,20)21)83(58(91)41-24-26-42(27-25-41)76-40-22-23-43-56(74)81-65(75)82-57(43)90)54(88)38-32-48(63(96)103-71(16,17)18)80-53(87)37-31-47(62(95)102-70(13,14)15)79-52(86)36-30-46(61(94)101-69(10,11)12)78-51(85)35-29-45(60(93)100-68(7,8)9)77-50(84)34-28-44(73)59(92)99-67(4,5)6/h24-27,44-49,76H,22-23,28-40,73H2,1-21H3,(H,77,84)(H,78,85)(H,79,86)(H,80,87)(H5,74,75,81,82,90)/t44-,45-,46-,47-,48-,49-/m0/s1. The summed E-state index contributed by atoms with van der Waals surface area (Å²) in [7, 11) is 0. The molecule has 104 heavy (non-hydrogen) atoms. The lowest BCUT2D eigenvalue weighted by Gasteiger charge is -2.32. The number of benzene rings is 1. The monoisotopic (exact) mass is 1470 g/mol. The summed E-state index contributed by atoms with van der Waals surface area (Å²) in [6, 6.07) is -3.18. The number of esters is 7. The number of nitrogens with zero attached hydrogens (tertiary/aromatic N) is 2. The van der Waals surface area contributed by atoms with E-state index < -0.39 is 216 Å². The lowest BCUT2D eigenvalue weighted by Crippen LogP contribution is -2.51. The molecule has 6 amide bonds. The van der Waals surface area contributed by atoms with Gasteiger partial charge in [0.25, 0.3) is 11.5 Å². The molecule has 0 saturated heterocycles. The van der Waals surface area contributed by atoms with Crippen LogP contribution < -0.4 is 49.3 Å². The third-order valence-corrected chi connectivity index (χ3v) is 13.8. The molecule has 0 bridgehead atoms. The predicted molar refractivity (Wildman–Crippen MR) is 384 cm³/mol. The molecule has 0 aliphatic carbocycles. The van der Waals surface area contributed by atoms with Crippen LogP contribution in [0, 0.1) is 0 Å². The number of aromatic nitrogens is 2. The molecule has 32 heteroatoms. The van der Waals surface area contributed by atoms with Gasteiger partial charge in [-0.25, -0.2) is 24.0 Å². The van der Waals surface area contributed by atoms with E-state index in [1.54, 1.807) is 145 Å². The summed E-state index contributed by atoms with van der Waals surface area (Å²) in [6.07, 6.45) is -4.84. The molecule has 2 aromatic rings. The van der Waals surface area contributed by atoms with Crippen LogP contribution in [0.5, 0.6) is 0 Å². The van der Waals surface area contributed by atoms with Crippen molar-refractivity contribution < 1.29 is 95.5 Å². The molecule has 1 aromatic heterocycles. The highest BCUT2D eigenvalue weighted by Crippen LogP contribution is 2.25. The molecule has 12 N–H and O–H groups in total. The number of carbonyl (C=O) groups is 13. The number of H-pyrrole nitrogens is 1. The van der Waals surface area contributed by atoms with Crippen molar-refractivity contribution in [2.45, 2.75) is 311 Å². The molecule has 584 valence electrons. The number of nitrogens with two attached hydrogens (primary N) is 3. The van der Waals surface area contributed by atoms with Crippen molar-refractivity contribution in [1.29, 1.82) is 0 Å². The summed E-state index contributed by atoms with van der Waals surface area (Å²) in [5.74, 6) is -11.9. The van der Waals surface area contributed by atoms with E-state index in [2.05, 4.69) is 36.6 Å². The van der Waals surface area contributed by atoms with Crippen LogP contribution in [0.15, 0.2) is 29.1 Å². The first kappa shape index (κ1) is 90.9. The number of hydrogen-bond donors (Lipinski definition) is 9. The predicted octanol–water partition coefficient (Wildman–Crippen LogP) is 5.66. The Balaban J connectivity index is 2.51. The zero-order valence-corrected chi connectivity index (χ0v) is 64.6. The van der Waals surface area contributed by atoms with Crippen molar-refractivity contribution in [1.82, 2.24) is 36.1 Å². The van der Waals surface area contributed by atoms with Crippen molar-refractivity contribution in [2.24, 2.45) is 5.73 Å². The normalized spacial score (nSPS) is 13.9. The second kappa shape index (κ2) is 39.0. The van der Waals surface area contributed by atoms with E-state index in [0.717, 1.165) is 0 Å². The van der Waals surface area contributed by atoms with Gasteiger partial charge < -0.3 is 76.9 Å². The van der Waals surface area contributed by atoms with Crippen LogP contribution >= 0.6 is 0 Å². The summed E-state index contributed by atoms with van der Waals surface area (Å²) < 4.78 is 38.9. The largest absolute Gasteiger partial charge is 0.460 e. The number of anilines is 3. The third-order valence-electron chi connectivity index (χ3n) is 13.8. The van der Waals surface area contributed by atoms with E-state index in [-0.39, 0.29) is 48.6 Å². The number of carbonyl (C=O) groups excluding carboxylic acids is 13. The Morgan fingerprint density at radius 2 is 0.779 bits per heavy atom. The molecule has 0 fully saturated rings. The van der Waals surface area contributed by atoms with Crippen molar-refractivity contribution in [3.8, 4) is 0 Å². The quantitative estimate of drug-likeness (QED) is 0.0228. The number of rotatable bonds is 35. The second-order valence-electron chi connectivity index (χ2n) is 32.1. The van der Waals surface area contributed by atoms with Crippen LogP contribution in [0.1, 0.15) is 245 Å². The highest BCUT2D eigenvalue weighted by atomic mass is 16.6. The molecule has 0 unspecified atom stereocenters. The molecule has 1 aromatic carbocycles. The van der Waals surface area contributed by atoms with Gasteiger partial charge in [0.05, 0.1) is 5.56 Å². The van der Waals surface area contributed by atoms with Gasteiger partial charge in [-0.05, 0) is 221 Å². The summed E-state index contributed by atoms with van der Waals surface area (Å²) >= 11 is 0. The topological polar surface area (TPSA) is 474 Å². The van der Waals surface area contributed by atoms with E-state index in [1.807, 2.05) is 0 Å². The molecule has 0 saturated carbocycles. The summed E-state index contributed by atoms with van der Waals surface area (Å²) in [6.45, 7) is 33.7. The van der Waals surface area contributed by atoms with E-state index in [9.17, 15) is 67.1 Å².